The van der Waals surface area contributed by atoms with Crippen molar-refractivity contribution in [2.75, 3.05) is 12.1 Å². The van der Waals surface area contributed by atoms with E-state index in [1.807, 2.05) is 6.92 Å². The van der Waals surface area contributed by atoms with E-state index >= 15 is 0 Å². The van der Waals surface area contributed by atoms with E-state index in [4.69, 9.17) is 21.1 Å². The molecule has 0 saturated heterocycles. The number of hydrazine groups is 1. The average Bonchev–Trinajstić information content (AvgIpc) is 3.36. The summed E-state index contributed by atoms with van der Waals surface area (Å²) in [5.41, 5.74) is 7.34. The number of ether oxygens (including phenoxy) is 3. The normalized spacial score (nSPS) is 14.7. The molecule has 1 atom stereocenters. The number of nitro groups is 1. The molecule has 192 valence electrons. The van der Waals surface area contributed by atoms with E-state index in [1.54, 1.807) is 28.8 Å². The molecule has 36 heavy (non-hydrogen) atoms. The van der Waals surface area contributed by atoms with Gasteiger partial charge in [-0.05, 0) is 53.8 Å². The molecule has 11 nitrogen and oxygen atoms in total. The molecule has 0 aliphatic carbocycles. The lowest BCUT2D eigenvalue weighted by Gasteiger charge is -2.16. The lowest BCUT2D eigenvalue weighted by Crippen LogP contribution is -2.25. The van der Waals surface area contributed by atoms with E-state index < -0.39 is 11.3 Å². The molecule has 0 fully saturated rings. The largest absolute Gasteiger partial charge is 0.573 e. The van der Waals surface area contributed by atoms with Gasteiger partial charge in [0.2, 0.25) is 0 Å². The van der Waals surface area contributed by atoms with Gasteiger partial charge in [-0.1, -0.05) is 6.07 Å². The van der Waals surface area contributed by atoms with Crippen LogP contribution in [0.5, 0.6) is 17.5 Å². The van der Waals surface area contributed by atoms with Crippen molar-refractivity contribution in [2.24, 2.45) is 11.6 Å². The Hall–Kier alpha value is -4.46. The van der Waals surface area contributed by atoms with Crippen LogP contribution < -0.4 is 30.8 Å². The highest BCUT2D eigenvalue weighted by Gasteiger charge is 2.31. The van der Waals surface area contributed by atoms with E-state index in [9.17, 15) is 23.3 Å². The summed E-state index contributed by atoms with van der Waals surface area (Å²) in [5, 5.41) is 11.6. The average molecular weight is 508 g/mol. The van der Waals surface area contributed by atoms with E-state index in [0.29, 0.717) is 29.6 Å². The van der Waals surface area contributed by atoms with Gasteiger partial charge < -0.3 is 30.1 Å². The maximum Gasteiger partial charge on any atom is 0.573 e. The van der Waals surface area contributed by atoms with Gasteiger partial charge in [0.05, 0.1) is 25.0 Å². The number of imidazole rings is 1. The van der Waals surface area contributed by atoms with Gasteiger partial charge >= 0.3 is 18.2 Å². The van der Waals surface area contributed by atoms with Crippen molar-refractivity contribution in [3.8, 4) is 17.5 Å². The zero-order valence-electron chi connectivity index (χ0n) is 19.2. The summed E-state index contributed by atoms with van der Waals surface area (Å²) >= 11 is 0. The van der Waals surface area contributed by atoms with E-state index in [1.165, 1.54) is 48.8 Å². The second-order valence-corrected chi connectivity index (χ2v) is 7.48. The molecule has 0 bridgehead atoms. The second-order valence-electron chi connectivity index (χ2n) is 7.48. The maximum atomic E-state index is 12.1. The van der Waals surface area contributed by atoms with Gasteiger partial charge in [-0.3, -0.25) is 9.58 Å². The molecular weight excluding hydrogens is 485 g/mol. The van der Waals surface area contributed by atoms with Crippen LogP contribution in [0.25, 0.3) is 5.70 Å². The number of hydrogen-bond donors (Lipinski definition) is 2. The van der Waals surface area contributed by atoms with Crippen LogP contribution >= 0.6 is 0 Å². The van der Waals surface area contributed by atoms with Crippen LogP contribution in [0, 0.1) is 10.1 Å². The number of methoxy groups -OCH3 is 1. The number of hydrogen-bond acceptors (Lipinski definition) is 9. The zero-order chi connectivity index (χ0) is 26.5. The molecule has 0 radical (unpaired) electrons. The summed E-state index contributed by atoms with van der Waals surface area (Å²) in [4.78, 5) is 13.4. The third kappa shape index (κ3) is 7.02. The molecule has 1 aromatic heterocycles. The Balaban J connectivity index is 0.000000249. The molecule has 0 amide bonds. The quantitative estimate of drug-likeness (QED) is 0.289. The minimum absolute atomic E-state index is 0.0632. The number of halogens is 3. The highest BCUT2D eigenvalue weighted by molar-refractivity contribution is 5.67. The summed E-state index contributed by atoms with van der Waals surface area (Å²) in [6.45, 7) is 2.52. The summed E-state index contributed by atoms with van der Waals surface area (Å²) in [5.74, 6) is 6.07. The number of alkyl halides is 3. The minimum Gasteiger partial charge on any atom is -0.497 e. The Morgan fingerprint density at radius 1 is 1.28 bits per heavy atom. The van der Waals surface area contributed by atoms with Gasteiger partial charge in [0.1, 0.15) is 23.8 Å². The molecule has 14 heteroatoms. The number of anilines is 1. The standard InChI is InChI=1S/C16H16F3N3O2.C6H7N3O3/c1-23-14-4-2-3-12(9-14)22(21)10-15(20)11-5-7-13(8-6-11)24-16(17,18)19;1-4-2-8-3-5(9(10)11)7-6(8)12-4/h2-10H,20-21H2,1H3;3-4H,2H2,1H3/b15-10-;. The Kier molecular flexibility index (Phi) is 7.89. The van der Waals surface area contributed by atoms with Crippen LogP contribution in [-0.4, -0.2) is 34.1 Å². The number of rotatable bonds is 6. The van der Waals surface area contributed by atoms with Gasteiger partial charge in [0.15, 0.2) is 0 Å². The fourth-order valence-electron chi connectivity index (χ4n) is 3.11. The molecule has 4 N–H and O–H groups in total. The van der Waals surface area contributed by atoms with Crippen LogP contribution in [0.2, 0.25) is 0 Å². The SMILES string of the molecule is CC1Cn2cc([N+](=O)[O-])nc2O1.COc1cccc(N(N)/C=C(\N)c2ccc(OC(F)(F)F)cc2)c1. The first-order valence-corrected chi connectivity index (χ1v) is 10.3. The Bertz CT molecular complexity index is 1210. The third-order valence-corrected chi connectivity index (χ3v) is 4.73. The number of nitrogens with two attached hydrogens (primary N) is 2. The van der Waals surface area contributed by atoms with Crippen LogP contribution in [0.4, 0.5) is 24.7 Å². The fraction of sp³-hybridized carbons (Fsp3) is 0.227. The van der Waals surface area contributed by atoms with E-state index in [2.05, 4.69) is 9.72 Å². The van der Waals surface area contributed by atoms with Crippen molar-refractivity contribution in [2.45, 2.75) is 25.9 Å². The molecule has 0 spiro atoms. The van der Waals surface area contributed by atoms with Crippen molar-refractivity contribution < 1.29 is 32.3 Å². The van der Waals surface area contributed by atoms with Crippen LogP contribution in [0.15, 0.2) is 60.9 Å². The smallest absolute Gasteiger partial charge is 0.497 e. The van der Waals surface area contributed by atoms with Crippen molar-refractivity contribution in [1.29, 1.82) is 0 Å². The van der Waals surface area contributed by atoms with Crippen LogP contribution in [-0.2, 0) is 6.54 Å². The third-order valence-electron chi connectivity index (χ3n) is 4.73. The first-order chi connectivity index (χ1) is 16.9. The molecule has 2 heterocycles. The summed E-state index contributed by atoms with van der Waals surface area (Å²) in [6, 6.07) is 12.5. The lowest BCUT2D eigenvalue weighted by atomic mass is 10.1. The first-order valence-electron chi connectivity index (χ1n) is 10.3. The van der Waals surface area contributed by atoms with Gasteiger partial charge in [-0.25, -0.2) is 5.84 Å². The highest BCUT2D eigenvalue weighted by atomic mass is 19.4. The molecular formula is C22H23F3N6O5. The molecule has 1 unspecified atom stereocenters. The Morgan fingerprint density at radius 2 is 1.97 bits per heavy atom. The summed E-state index contributed by atoms with van der Waals surface area (Å²) < 4.78 is 52.1. The topological polar surface area (TPSA) is 144 Å². The van der Waals surface area contributed by atoms with Gasteiger partial charge in [0, 0.05) is 17.3 Å². The van der Waals surface area contributed by atoms with E-state index in [0.717, 1.165) is 0 Å². The predicted molar refractivity (Wildman–Crippen MR) is 124 cm³/mol. The fourth-order valence-corrected chi connectivity index (χ4v) is 3.11. The van der Waals surface area contributed by atoms with Gasteiger partial charge in [0.25, 0.3) is 0 Å². The zero-order valence-corrected chi connectivity index (χ0v) is 19.2. The first kappa shape index (κ1) is 26.2. The molecule has 3 aromatic rings. The van der Waals surface area contributed by atoms with Crippen molar-refractivity contribution in [1.82, 2.24) is 9.55 Å². The van der Waals surface area contributed by atoms with Gasteiger partial charge in [-0.2, -0.15) is 0 Å². The second kappa shape index (κ2) is 10.9. The number of aromatic nitrogens is 2. The lowest BCUT2D eigenvalue weighted by molar-refractivity contribution is -0.389. The number of fused-ring (bicyclic) bond motifs is 1. The summed E-state index contributed by atoms with van der Waals surface area (Å²) in [6.07, 6.45) is -1.83. The van der Waals surface area contributed by atoms with Crippen molar-refractivity contribution in [3.63, 3.8) is 0 Å². The molecule has 4 rings (SSSR count). The molecule has 1 aliphatic rings. The van der Waals surface area contributed by atoms with E-state index in [-0.39, 0.29) is 23.4 Å². The van der Waals surface area contributed by atoms with Crippen LogP contribution in [0.3, 0.4) is 0 Å². The molecule has 0 saturated carbocycles. The van der Waals surface area contributed by atoms with Gasteiger partial charge in [-0.15, -0.1) is 13.2 Å². The summed E-state index contributed by atoms with van der Waals surface area (Å²) in [7, 11) is 1.54. The minimum atomic E-state index is -4.73. The number of nitrogens with zero attached hydrogens (tertiary/aromatic N) is 4. The molecule has 1 aliphatic heterocycles. The number of benzene rings is 2. The monoisotopic (exact) mass is 508 g/mol. The molecule has 2 aromatic carbocycles. The predicted octanol–water partition coefficient (Wildman–Crippen LogP) is 3.80. The Morgan fingerprint density at radius 3 is 2.56 bits per heavy atom. The Labute approximate surface area is 203 Å². The van der Waals surface area contributed by atoms with Crippen LogP contribution in [0.1, 0.15) is 12.5 Å². The van der Waals surface area contributed by atoms with Crippen molar-refractivity contribution in [3.05, 3.63) is 76.6 Å². The van der Waals surface area contributed by atoms with Crippen molar-refractivity contribution >= 4 is 17.2 Å². The maximum absolute atomic E-state index is 12.1. The highest BCUT2D eigenvalue weighted by Crippen LogP contribution is 2.25.